The van der Waals surface area contributed by atoms with Gasteiger partial charge in [-0.3, -0.25) is 4.79 Å². The van der Waals surface area contributed by atoms with Crippen LogP contribution in [0.4, 0.5) is 4.39 Å². The van der Waals surface area contributed by atoms with E-state index < -0.39 is 10.0 Å². The highest BCUT2D eigenvalue weighted by atomic mass is 32.2. The number of hydrogen-bond donors (Lipinski definition) is 0. The highest BCUT2D eigenvalue weighted by Crippen LogP contribution is 2.11. The minimum absolute atomic E-state index is 0.0824. The molecule has 23 heavy (non-hydrogen) atoms. The molecule has 1 aliphatic heterocycles. The van der Waals surface area contributed by atoms with E-state index >= 15 is 0 Å². The lowest BCUT2D eigenvalue weighted by atomic mass is 10.2. The molecule has 1 aromatic rings. The first-order chi connectivity index (χ1) is 10.9. The van der Waals surface area contributed by atoms with Crippen molar-refractivity contribution in [3.05, 3.63) is 35.6 Å². The normalized spacial score (nSPS) is 15.9. The van der Waals surface area contributed by atoms with E-state index in [1.807, 2.05) is 0 Å². The second-order valence-corrected chi connectivity index (χ2v) is 7.45. The van der Waals surface area contributed by atoms with E-state index in [1.54, 1.807) is 4.90 Å². The van der Waals surface area contributed by atoms with Crippen molar-refractivity contribution in [1.82, 2.24) is 9.21 Å². The Morgan fingerprint density at radius 2 is 1.87 bits per heavy atom. The molecule has 0 aliphatic carbocycles. The quantitative estimate of drug-likeness (QED) is 0.767. The van der Waals surface area contributed by atoms with Crippen LogP contribution in [0, 0.1) is 5.82 Å². The standard InChI is InChI=1S/C15H21FN2O4S/c1-23(20,21)18(12-13-2-4-14(16)5-3-13)7-6-15(19)17-8-10-22-11-9-17/h2-5H,6-12H2,1H3. The lowest BCUT2D eigenvalue weighted by Crippen LogP contribution is -2.42. The summed E-state index contributed by atoms with van der Waals surface area (Å²) in [6.07, 6.45) is 1.23. The minimum atomic E-state index is -3.46. The highest BCUT2D eigenvalue weighted by Gasteiger charge is 2.21. The average Bonchev–Trinajstić information content (AvgIpc) is 2.52. The molecule has 128 valence electrons. The topological polar surface area (TPSA) is 66.9 Å². The van der Waals surface area contributed by atoms with Crippen molar-refractivity contribution in [1.29, 1.82) is 0 Å². The van der Waals surface area contributed by atoms with Crippen molar-refractivity contribution in [3.63, 3.8) is 0 Å². The van der Waals surface area contributed by atoms with Crippen molar-refractivity contribution in [2.45, 2.75) is 13.0 Å². The van der Waals surface area contributed by atoms with Gasteiger partial charge in [0.15, 0.2) is 0 Å². The molecule has 0 radical (unpaired) electrons. The number of ether oxygens (including phenoxy) is 1. The molecule has 8 heteroatoms. The first-order valence-corrected chi connectivity index (χ1v) is 9.26. The molecule has 0 aromatic heterocycles. The van der Waals surface area contributed by atoms with E-state index in [4.69, 9.17) is 4.74 Å². The second-order valence-electron chi connectivity index (χ2n) is 5.47. The number of carbonyl (C=O) groups is 1. The van der Waals surface area contributed by atoms with E-state index in [0.717, 1.165) is 6.26 Å². The van der Waals surface area contributed by atoms with Crippen LogP contribution in [-0.4, -0.2) is 62.6 Å². The van der Waals surface area contributed by atoms with Gasteiger partial charge in [-0.1, -0.05) is 12.1 Å². The van der Waals surface area contributed by atoms with Crippen LogP contribution in [0.25, 0.3) is 0 Å². The van der Waals surface area contributed by atoms with Crippen molar-refractivity contribution in [3.8, 4) is 0 Å². The van der Waals surface area contributed by atoms with Gasteiger partial charge in [0.05, 0.1) is 19.5 Å². The minimum Gasteiger partial charge on any atom is -0.378 e. The fourth-order valence-electron chi connectivity index (χ4n) is 2.35. The Morgan fingerprint density at radius 1 is 1.26 bits per heavy atom. The fraction of sp³-hybridized carbons (Fsp3) is 0.533. The van der Waals surface area contributed by atoms with Crippen LogP contribution in [0.2, 0.25) is 0 Å². The van der Waals surface area contributed by atoms with Gasteiger partial charge in [-0.15, -0.1) is 0 Å². The molecule has 0 saturated carbocycles. The molecule has 0 N–H and O–H groups in total. The number of morpholine rings is 1. The molecule has 1 aromatic carbocycles. The predicted molar refractivity (Wildman–Crippen MR) is 83.7 cm³/mol. The third-order valence-electron chi connectivity index (χ3n) is 3.68. The van der Waals surface area contributed by atoms with Gasteiger partial charge in [0.1, 0.15) is 5.82 Å². The summed E-state index contributed by atoms with van der Waals surface area (Å²) >= 11 is 0. The first kappa shape index (κ1) is 17.8. The van der Waals surface area contributed by atoms with Gasteiger partial charge >= 0.3 is 0 Å². The Hall–Kier alpha value is -1.51. The van der Waals surface area contributed by atoms with Crippen LogP contribution in [0.15, 0.2) is 24.3 Å². The number of sulfonamides is 1. The molecule has 2 rings (SSSR count). The molecule has 1 aliphatic rings. The molecule has 1 amide bonds. The molecule has 6 nitrogen and oxygen atoms in total. The van der Waals surface area contributed by atoms with E-state index in [9.17, 15) is 17.6 Å². The molecule has 0 unspecified atom stereocenters. The fourth-order valence-corrected chi connectivity index (χ4v) is 3.15. The summed E-state index contributed by atoms with van der Waals surface area (Å²) in [4.78, 5) is 13.8. The summed E-state index contributed by atoms with van der Waals surface area (Å²) in [5, 5.41) is 0. The maximum Gasteiger partial charge on any atom is 0.224 e. The number of carbonyl (C=O) groups excluding carboxylic acids is 1. The van der Waals surface area contributed by atoms with Crippen molar-refractivity contribution in [2.75, 3.05) is 39.1 Å². The summed E-state index contributed by atoms with van der Waals surface area (Å²) in [6.45, 7) is 2.32. The van der Waals surface area contributed by atoms with Crippen LogP contribution >= 0.6 is 0 Å². The second kappa shape index (κ2) is 7.85. The smallest absolute Gasteiger partial charge is 0.224 e. The van der Waals surface area contributed by atoms with E-state index in [2.05, 4.69) is 0 Å². The SMILES string of the molecule is CS(=O)(=O)N(CCC(=O)N1CCOCC1)Cc1ccc(F)cc1. The third kappa shape index (κ3) is 5.56. The number of halogens is 1. The monoisotopic (exact) mass is 344 g/mol. The maximum absolute atomic E-state index is 12.9. The zero-order valence-electron chi connectivity index (χ0n) is 13.1. The molecule has 1 saturated heterocycles. The molecule has 0 atom stereocenters. The van der Waals surface area contributed by atoms with Gasteiger partial charge in [-0.2, -0.15) is 4.31 Å². The number of rotatable bonds is 6. The van der Waals surface area contributed by atoms with E-state index in [-0.39, 0.29) is 31.2 Å². The first-order valence-electron chi connectivity index (χ1n) is 7.41. The summed E-state index contributed by atoms with van der Waals surface area (Å²) in [5.41, 5.74) is 0.677. The Morgan fingerprint density at radius 3 is 2.43 bits per heavy atom. The molecule has 1 fully saturated rings. The summed E-state index contributed by atoms with van der Waals surface area (Å²) in [6, 6.07) is 5.65. The van der Waals surface area contributed by atoms with E-state index in [0.29, 0.717) is 31.9 Å². The molecule has 0 spiro atoms. The largest absolute Gasteiger partial charge is 0.378 e. The van der Waals surface area contributed by atoms with Crippen molar-refractivity contribution in [2.24, 2.45) is 0 Å². The zero-order valence-corrected chi connectivity index (χ0v) is 13.9. The van der Waals surface area contributed by atoms with Crippen LogP contribution in [0.1, 0.15) is 12.0 Å². The lowest BCUT2D eigenvalue weighted by molar-refractivity contribution is -0.135. The summed E-state index contributed by atoms with van der Waals surface area (Å²) in [5.74, 6) is -0.455. The molecule has 0 bridgehead atoms. The Bertz CT molecular complexity index is 627. The Kier molecular flexibility index (Phi) is 6.09. The summed E-state index contributed by atoms with van der Waals surface area (Å²) in [7, 11) is -3.46. The van der Waals surface area contributed by atoms with Crippen LogP contribution in [-0.2, 0) is 26.1 Å². The van der Waals surface area contributed by atoms with Gasteiger partial charge in [-0.05, 0) is 17.7 Å². The summed E-state index contributed by atoms with van der Waals surface area (Å²) < 4.78 is 43.1. The molecule has 1 heterocycles. The maximum atomic E-state index is 12.9. The number of benzene rings is 1. The number of amides is 1. The van der Waals surface area contributed by atoms with Gasteiger partial charge < -0.3 is 9.64 Å². The van der Waals surface area contributed by atoms with Crippen LogP contribution in [0.3, 0.4) is 0 Å². The van der Waals surface area contributed by atoms with Gasteiger partial charge in [-0.25, -0.2) is 12.8 Å². The Balaban J connectivity index is 1.96. The predicted octanol–water partition coefficient (Wildman–Crippen LogP) is 0.836. The van der Waals surface area contributed by atoms with Crippen LogP contribution < -0.4 is 0 Å². The van der Waals surface area contributed by atoms with E-state index in [1.165, 1.54) is 28.6 Å². The Labute approximate surface area is 135 Å². The average molecular weight is 344 g/mol. The lowest BCUT2D eigenvalue weighted by Gasteiger charge is -2.28. The van der Waals surface area contributed by atoms with Crippen LogP contribution in [0.5, 0.6) is 0 Å². The van der Waals surface area contributed by atoms with Gasteiger partial charge in [0, 0.05) is 32.6 Å². The number of hydrogen-bond acceptors (Lipinski definition) is 4. The zero-order chi connectivity index (χ0) is 16.9. The molecular weight excluding hydrogens is 323 g/mol. The number of nitrogens with zero attached hydrogens (tertiary/aromatic N) is 2. The van der Waals surface area contributed by atoms with Gasteiger partial charge in [0.25, 0.3) is 0 Å². The van der Waals surface area contributed by atoms with Crippen molar-refractivity contribution >= 4 is 15.9 Å². The third-order valence-corrected chi connectivity index (χ3v) is 4.93. The van der Waals surface area contributed by atoms with Crippen molar-refractivity contribution < 1.29 is 22.3 Å². The highest BCUT2D eigenvalue weighted by molar-refractivity contribution is 7.88. The molecular formula is C15H21FN2O4S. The van der Waals surface area contributed by atoms with Gasteiger partial charge in [0.2, 0.25) is 15.9 Å².